The Kier molecular flexibility index (Phi) is 2.63. The molecule has 0 saturated carbocycles. The predicted molar refractivity (Wildman–Crippen MR) is 46.0 cm³/mol. The summed E-state index contributed by atoms with van der Waals surface area (Å²) in [6.07, 6.45) is 3.55. The van der Waals surface area contributed by atoms with E-state index in [-0.39, 0.29) is 0 Å². The van der Waals surface area contributed by atoms with Crippen molar-refractivity contribution < 1.29 is 9.84 Å². The van der Waals surface area contributed by atoms with Gasteiger partial charge in [-0.05, 0) is 25.8 Å². The molecule has 2 rings (SSSR count). The second-order valence-electron chi connectivity index (χ2n) is 3.73. The van der Waals surface area contributed by atoms with Crippen LogP contribution in [0, 0.1) is 0 Å². The molecule has 1 unspecified atom stereocenters. The first kappa shape index (κ1) is 8.48. The SMILES string of the molecule is OC[C@H]1CCCN1C1CCOC1. The number of aliphatic hydroxyl groups excluding tert-OH is 1. The van der Waals surface area contributed by atoms with Crippen molar-refractivity contribution in [3.8, 4) is 0 Å². The van der Waals surface area contributed by atoms with Gasteiger partial charge in [0.25, 0.3) is 0 Å². The van der Waals surface area contributed by atoms with Crippen molar-refractivity contribution in [1.82, 2.24) is 4.90 Å². The zero-order chi connectivity index (χ0) is 8.39. The van der Waals surface area contributed by atoms with Gasteiger partial charge >= 0.3 is 0 Å². The molecular weight excluding hydrogens is 154 g/mol. The zero-order valence-corrected chi connectivity index (χ0v) is 7.41. The molecule has 12 heavy (non-hydrogen) atoms. The van der Waals surface area contributed by atoms with E-state index in [4.69, 9.17) is 9.84 Å². The fourth-order valence-electron chi connectivity index (χ4n) is 2.32. The number of rotatable bonds is 2. The van der Waals surface area contributed by atoms with Crippen LogP contribution in [0.5, 0.6) is 0 Å². The van der Waals surface area contributed by atoms with Crippen molar-refractivity contribution in [2.75, 3.05) is 26.4 Å². The number of nitrogens with zero attached hydrogens (tertiary/aromatic N) is 1. The maximum atomic E-state index is 9.11. The highest BCUT2D eigenvalue weighted by atomic mass is 16.5. The van der Waals surface area contributed by atoms with E-state index in [9.17, 15) is 0 Å². The van der Waals surface area contributed by atoms with Gasteiger partial charge in [0.15, 0.2) is 0 Å². The highest BCUT2D eigenvalue weighted by Gasteiger charge is 2.31. The van der Waals surface area contributed by atoms with Gasteiger partial charge in [-0.1, -0.05) is 0 Å². The second-order valence-corrected chi connectivity index (χ2v) is 3.73. The molecule has 2 fully saturated rings. The van der Waals surface area contributed by atoms with E-state index in [0.29, 0.717) is 18.7 Å². The zero-order valence-electron chi connectivity index (χ0n) is 7.41. The molecule has 2 saturated heterocycles. The van der Waals surface area contributed by atoms with Gasteiger partial charge in [-0.15, -0.1) is 0 Å². The minimum absolute atomic E-state index is 0.316. The standard InChI is InChI=1S/C9H17NO2/c11-6-8-2-1-4-10(8)9-3-5-12-7-9/h8-9,11H,1-7H2/t8-,9?/m1/s1. The summed E-state index contributed by atoms with van der Waals surface area (Å²) in [5.74, 6) is 0. The molecule has 0 amide bonds. The third-order valence-corrected chi connectivity index (χ3v) is 3.01. The first-order valence-electron chi connectivity index (χ1n) is 4.86. The van der Waals surface area contributed by atoms with Crippen molar-refractivity contribution in [3.05, 3.63) is 0 Å². The summed E-state index contributed by atoms with van der Waals surface area (Å²) >= 11 is 0. The van der Waals surface area contributed by atoms with Crippen LogP contribution in [0.25, 0.3) is 0 Å². The molecule has 0 bridgehead atoms. The molecule has 0 aromatic heterocycles. The number of likely N-dealkylation sites (tertiary alicyclic amines) is 1. The third-order valence-electron chi connectivity index (χ3n) is 3.01. The van der Waals surface area contributed by atoms with E-state index in [1.165, 1.54) is 6.42 Å². The first-order valence-corrected chi connectivity index (χ1v) is 4.86. The van der Waals surface area contributed by atoms with Crippen molar-refractivity contribution in [3.63, 3.8) is 0 Å². The summed E-state index contributed by atoms with van der Waals surface area (Å²) in [7, 11) is 0. The molecule has 3 nitrogen and oxygen atoms in total. The van der Waals surface area contributed by atoms with Crippen LogP contribution in [-0.4, -0.2) is 48.5 Å². The lowest BCUT2D eigenvalue weighted by molar-refractivity contribution is 0.102. The smallest absolute Gasteiger partial charge is 0.0622 e. The number of ether oxygens (including phenoxy) is 1. The van der Waals surface area contributed by atoms with Gasteiger partial charge < -0.3 is 9.84 Å². The molecule has 0 aromatic rings. The number of hydrogen-bond donors (Lipinski definition) is 1. The van der Waals surface area contributed by atoms with Crippen molar-refractivity contribution in [2.45, 2.75) is 31.3 Å². The van der Waals surface area contributed by atoms with Gasteiger partial charge in [-0.3, -0.25) is 4.90 Å². The fourth-order valence-corrected chi connectivity index (χ4v) is 2.32. The molecular formula is C9H17NO2. The predicted octanol–water partition coefficient (Wildman–Crippen LogP) is 0.232. The minimum atomic E-state index is 0.316. The Morgan fingerprint density at radius 3 is 3.00 bits per heavy atom. The van der Waals surface area contributed by atoms with Crippen molar-refractivity contribution >= 4 is 0 Å². The lowest BCUT2D eigenvalue weighted by Crippen LogP contribution is -2.41. The van der Waals surface area contributed by atoms with Crippen LogP contribution in [0.1, 0.15) is 19.3 Å². The summed E-state index contributed by atoms with van der Waals surface area (Å²) in [6, 6.07) is 1.00. The average Bonchev–Trinajstić information content (AvgIpc) is 2.74. The third kappa shape index (κ3) is 1.49. The summed E-state index contributed by atoms with van der Waals surface area (Å²) in [5.41, 5.74) is 0. The fraction of sp³-hybridized carbons (Fsp3) is 1.00. The van der Waals surface area contributed by atoms with Crippen molar-refractivity contribution in [2.24, 2.45) is 0 Å². The summed E-state index contributed by atoms with van der Waals surface area (Å²) < 4.78 is 5.34. The molecule has 0 spiro atoms. The monoisotopic (exact) mass is 171 g/mol. The Morgan fingerprint density at radius 2 is 2.33 bits per heavy atom. The van der Waals surface area contributed by atoms with Gasteiger partial charge in [-0.25, -0.2) is 0 Å². The van der Waals surface area contributed by atoms with Gasteiger partial charge in [-0.2, -0.15) is 0 Å². The molecule has 2 heterocycles. The van der Waals surface area contributed by atoms with Crippen LogP contribution in [0.15, 0.2) is 0 Å². The summed E-state index contributed by atoms with van der Waals surface area (Å²) in [5, 5.41) is 9.11. The van der Waals surface area contributed by atoms with Gasteiger partial charge in [0, 0.05) is 18.7 Å². The highest BCUT2D eigenvalue weighted by molar-refractivity contribution is 4.86. The Morgan fingerprint density at radius 1 is 1.42 bits per heavy atom. The molecule has 2 aliphatic heterocycles. The first-order chi connectivity index (χ1) is 5.92. The normalized spacial score (nSPS) is 37.8. The lowest BCUT2D eigenvalue weighted by Gasteiger charge is -2.27. The highest BCUT2D eigenvalue weighted by Crippen LogP contribution is 2.23. The minimum Gasteiger partial charge on any atom is -0.395 e. The maximum absolute atomic E-state index is 9.11. The molecule has 2 aliphatic rings. The maximum Gasteiger partial charge on any atom is 0.0622 e. The quantitative estimate of drug-likeness (QED) is 0.645. The Hall–Kier alpha value is -0.120. The van der Waals surface area contributed by atoms with Gasteiger partial charge in [0.05, 0.1) is 13.2 Å². The summed E-state index contributed by atoms with van der Waals surface area (Å²) in [4.78, 5) is 2.42. The molecule has 1 N–H and O–H groups in total. The molecule has 0 aromatic carbocycles. The van der Waals surface area contributed by atoms with Crippen LogP contribution in [-0.2, 0) is 4.74 Å². The van der Waals surface area contributed by atoms with Crippen LogP contribution in [0.2, 0.25) is 0 Å². The van der Waals surface area contributed by atoms with E-state index in [2.05, 4.69) is 4.90 Å². The Balaban J connectivity index is 1.92. The Bertz CT molecular complexity index is 145. The van der Waals surface area contributed by atoms with E-state index in [1.807, 2.05) is 0 Å². The topological polar surface area (TPSA) is 32.7 Å². The van der Waals surface area contributed by atoms with Gasteiger partial charge in [0.1, 0.15) is 0 Å². The molecule has 3 heteroatoms. The molecule has 0 aliphatic carbocycles. The number of hydrogen-bond acceptors (Lipinski definition) is 3. The lowest BCUT2D eigenvalue weighted by atomic mass is 10.2. The van der Waals surface area contributed by atoms with Crippen LogP contribution < -0.4 is 0 Å². The number of aliphatic hydroxyl groups is 1. The average molecular weight is 171 g/mol. The molecule has 2 atom stereocenters. The second kappa shape index (κ2) is 3.73. The molecule has 0 radical (unpaired) electrons. The largest absolute Gasteiger partial charge is 0.395 e. The van der Waals surface area contributed by atoms with E-state index in [0.717, 1.165) is 32.6 Å². The van der Waals surface area contributed by atoms with E-state index < -0.39 is 0 Å². The van der Waals surface area contributed by atoms with E-state index >= 15 is 0 Å². The van der Waals surface area contributed by atoms with E-state index in [1.54, 1.807) is 0 Å². The summed E-state index contributed by atoms with van der Waals surface area (Å²) in [6.45, 7) is 3.24. The van der Waals surface area contributed by atoms with Crippen LogP contribution in [0.3, 0.4) is 0 Å². The van der Waals surface area contributed by atoms with Crippen molar-refractivity contribution in [1.29, 1.82) is 0 Å². The van der Waals surface area contributed by atoms with Crippen LogP contribution >= 0.6 is 0 Å². The van der Waals surface area contributed by atoms with Crippen LogP contribution in [0.4, 0.5) is 0 Å². The molecule has 70 valence electrons. The van der Waals surface area contributed by atoms with Gasteiger partial charge in [0.2, 0.25) is 0 Å². The Labute approximate surface area is 73.3 Å².